The number of methoxy groups -OCH3 is 1. The fourth-order valence-electron chi connectivity index (χ4n) is 2.82. The Kier molecular flexibility index (Phi) is 3.81. The normalized spacial score (nSPS) is 11.9. The van der Waals surface area contributed by atoms with Crippen molar-refractivity contribution in [3.05, 3.63) is 41.3 Å². The molecule has 7 nitrogen and oxygen atoms in total. The van der Waals surface area contributed by atoms with Crippen LogP contribution in [0.15, 0.2) is 29.4 Å². The van der Waals surface area contributed by atoms with E-state index < -0.39 is 10.0 Å². The van der Waals surface area contributed by atoms with Gasteiger partial charge in [0.05, 0.1) is 12.8 Å². The summed E-state index contributed by atoms with van der Waals surface area (Å²) in [6.07, 6.45) is 3.37. The number of nitrogens with two attached hydrogens (primary N) is 1. The third kappa shape index (κ3) is 2.63. The summed E-state index contributed by atoms with van der Waals surface area (Å²) in [5.41, 5.74) is 4.38. The van der Waals surface area contributed by atoms with Crippen molar-refractivity contribution in [2.45, 2.75) is 25.7 Å². The molecule has 3 aromatic rings. The predicted octanol–water partition coefficient (Wildman–Crippen LogP) is 1.98. The Bertz CT molecular complexity index is 1050. The fraction of sp³-hybridized carbons (Fsp3) is 0.250. The molecule has 24 heavy (non-hydrogen) atoms. The molecule has 0 saturated heterocycles. The molecule has 0 aliphatic rings. The summed E-state index contributed by atoms with van der Waals surface area (Å²) >= 11 is 0. The summed E-state index contributed by atoms with van der Waals surface area (Å²) in [4.78, 5) is 4.22. The Morgan fingerprint density at radius 2 is 1.88 bits per heavy atom. The number of rotatable bonds is 3. The van der Waals surface area contributed by atoms with Gasteiger partial charge in [0.15, 0.2) is 5.65 Å². The third-order valence-electron chi connectivity index (χ3n) is 3.93. The average molecular weight is 346 g/mol. The number of aromatic nitrogens is 3. The fourth-order valence-corrected chi connectivity index (χ4v) is 3.67. The van der Waals surface area contributed by atoms with Crippen LogP contribution in [0.5, 0.6) is 5.75 Å². The van der Waals surface area contributed by atoms with E-state index in [1.165, 1.54) is 4.52 Å². The molecule has 8 heteroatoms. The second-order valence-electron chi connectivity index (χ2n) is 5.71. The van der Waals surface area contributed by atoms with E-state index in [0.717, 1.165) is 28.0 Å². The summed E-state index contributed by atoms with van der Waals surface area (Å²) in [7, 11) is -2.25. The molecule has 2 N–H and O–H groups in total. The Morgan fingerprint density at radius 3 is 2.50 bits per heavy atom. The number of fused-ring (bicyclic) bond motifs is 1. The minimum absolute atomic E-state index is 0.0447. The SMILES string of the molecule is COc1cc(C)c(-c2cnc3c(S(N)(=O)=O)c(C)nn3c2)cc1C. The lowest BCUT2D eigenvalue weighted by Gasteiger charge is -2.11. The number of primary sulfonamides is 1. The molecule has 2 aromatic heterocycles. The number of sulfonamides is 1. The number of ether oxygens (including phenoxy) is 1. The van der Waals surface area contributed by atoms with Crippen LogP contribution in [0.2, 0.25) is 0 Å². The Morgan fingerprint density at radius 1 is 1.17 bits per heavy atom. The first-order valence-corrected chi connectivity index (χ1v) is 8.80. The van der Waals surface area contributed by atoms with Gasteiger partial charge in [-0.05, 0) is 49.6 Å². The summed E-state index contributed by atoms with van der Waals surface area (Å²) < 4.78 is 30.2. The van der Waals surface area contributed by atoms with E-state index in [-0.39, 0.29) is 10.5 Å². The van der Waals surface area contributed by atoms with Gasteiger partial charge >= 0.3 is 0 Å². The van der Waals surface area contributed by atoms with Gasteiger partial charge in [-0.25, -0.2) is 23.1 Å². The highest BCUT2D eigenvalue weighted by Crippen LogP contribution is 2.30. The second kappa shape index (κ2) is 5.57. The smallest absolute Gasteiger partial charge is 0.243 e. The van der Waals surface area contributed by atoms with Crippen LogP contribution >= 0.6 is 0 Å². The van der Waals surface area contributed by atoms with Crippen LogP contribution in [0.4, 0.5) is 0 Å². The minimum atomic E-state index is -3.88. The third-order valence-corrected chi connectivity index (χ3v) is 4.98. The van der Waals surface area contributed by atoms with Crippen LogP contribution < -0.4 is 9.88 Å². The Hall–Kier alpha value is -2.45. The maximum absolute atomic E-state index is 11.7. The summed E-state index contributed by atoms with van der Waals surface area (Å²) in [6, 6.07) is 3.97. The number of nitrogens with zero attached hydrogens (tertiary/aromatic N) is 3. The van der Waals surface area contributed by atoms with E-state index in [1.54, 1.807) is 26.4 Å². The lowest BCUT2D eigenvalue weighted by Crippen LogP contribution is -2.13. The molecule has 1 aromatic carbocycles. The van der Waals surface area contributed by atoms with Gasteiger partial charge in [-0.3, -0.25) is 0 Å². The van der Waals surface area contributed by atoms with Gasteiger partial charge < -0.3 is 4.74 Å². The van der Waals surface area contributed by atoms with Gasteiger partial charge in [0.25, 0.3) is 0 Å². The predicted molar refractivity (Wildman–Crippen MR) is 90.6 cm³/mol. The van der Waals surface area contributed by atoms with Gasteiger partial charge in [-0.15, -0.1) is 0 Å². The van der Waals surface area contributed by atoms with Crippen molar-refractivity contribution >= 4 is 15.7 Å². The lowest BCUT2D eigenvalue weighted by atomic mass is 10.00. The Labute approximate surface area is 140 Å². The number of hydrogen-bond acceptors (Lipinski definition) is 5. The second-order valence-corrected chi connectivity index (χ2v) is 7.21. The molecule has 0 bridgehead atoms. The van der Waals surface area contributed by atoms with E-state index >= 15 is 0 Å². The quantitative estimate of drug-likeness (QED) is 0.781. The molecule has 0 atom stereocenters. The van der Waals surface area contributed by atoms with E-state index in [4.69, 9.17) is 9.88 Å². The monoisotopic (exact) mass is 346 g/mol. The van der Waals surface area contributed by atoms with Crippen molar-refractivity contribution in [1.82, 2.24) is 14.6 Å². The van der Waals surface area contributed by atoms with E-state index in [1.807, 2.05) is 26.0 Å². The summed E-state index contributed by atoms with van der Waals surface area (Å²) in [5.74, 6) is 0.816. The molecule has 0 fully saturated rings. The maximum atomic E-state index is 11.7. The molecule has 3 rings (SSSR count). The first-order chi connectivity index (χ1) is 11.2. The zero-order chi connectivity index (χ0) is 17.6. The molecule has 0 aliphatic heterocycles. The molecular weight excluding hydrogens is 328 g/mol. The molecule has 0 unspecified atom stereocenters. The molecule has 0 aliphatic carbocycles. The molecule has 2 heterocycles. The van der Waals surface area contributed by atoms with Gasteiger partial charge in [-0.2, -0.15) is 5.10 Å². The zero-order valence-electron chi connectivity index (χ0n) is 13.9. The van der Waals surface area contributed by atoms with E-state index in [9.17, 15) is 8.42 Å². The van der Waals surface area contributed by atoms with Crippen LogP contribution in [0, 0.1) is 20.8 Å². The van der Waals surface area contributed by atoms with Crippen molar-refractivity contribution in [2.75, 3.05) is 7.11 Å². The van der Waals surface area contributed by atoms with Crippen molar-refractivity contribution in [2.24, 2.45) is 5.14 Å². The molecular formula is C16H18N4O3S. The van der Waals surface area contributed by atoms with Crippen molar-refractivity contribution in [3.8, 4) is 16.9 Å². The van der Waals surface area contributed by atoms with E-state index in [2.05, 4.69) is 10.1 Å². The van der Waals surface area contributed by atoms with Crippen molar-refractivity contribution < 1.29 is 13.2 Å². The van der Waals surface area contributed by atoms with E-state index in [0.29, 0.717) is 5.69 Å². The van der Waals surface area contributed by atoms with Crippen molar-refractivity contribution in [3.63, 3.8) is 0 Å². The number of hydrogen-bond donors (Lipinski definition) is 1. The van der Waals surface area contributed by atoms with Crippen LogP contribution in [0.25, 0.3) is 16.8 Å². The minimum Gasteiger partial charge on any atom is -0.496 e. The van der Waals surface area contributed by atoms with Gasteiger partial charge in [0.1, 0.15) is 10.6 Å². The topological polar surface area (TPSA) is 99.6 Å². The molecule has 0 amide bonds. The summed E-state index contributed by atoms with van der Waals surface area (Å²) in [6.45, 7) is 5.54. The van der Waals surface area contributed by atoms with Gasteiger partial charge in [0.2, 0.25) is 10.0 Å². The average Bonchev–Trinajstić information content (AvgIpc) is 2.83. The number of benzene rings is 1. The van der Waals surface area contributed by atoms with Gasteiger partial charge in [0, 0.05) is 18.0 Å². The molecule has 0 saturated carbocycles. The van der Waals surface area contributed by atoms with Gasteiger partial charge in [-0.1, -0.05) is 0 Å². The first-order valence-electron chi connectivity index (χ1n) is 7.25. The highest BCUT2D eigenvalue weighted by molar-refractivity contribution is 7.89. The first kappa shape index (κ1) is 16.4. The lowest BCUT2D eigenvalue weighted by molar-refractivity contribution is 0.411. The van der Waals surface area contributed by atoms with Crippen LogP contribution in [0.1, 0.15) is 16.8 Å². The largest absolute Gasteiger partial charge is 0.496 e. The standard InChI is InChI=1S/C16H18N4O3S/c1-9-6-14(23-4)10(2)5-13(9)12-7-18-16-15(24(17,21)22)11(3)19-20(16)8-12/h5-8H,1-4H3,(H2,17,21,22). The Balaban J connectivity index is 2.22. The highest BCUT2D eigenvalue weighted by atomic mass is 32.2. The molecule has 0 spiro atoms. The van der Waals surface area contributed by atoms with Crippen LogP contribution in [-0.4, -0.2) is 30.1 Å². The maximum Gasteiger partial charge on any atom is 0.243 e. The van der Waals surface area contributed by atoms with Crippen molar-refractivity contribution in [1.29, 1.82) is 0 Å². The molecule has 126 valence electrons. The van der Waals surface area contributed by atoms with Crippen LogP contribution in [0.3, 0.4) is 0 Å². The number of aryl methyl sites for hydroxylation is 3. The van der Waals surface area contributed by atoms with Crippen LogP contribution in [-0.2, 0) is 10.0 Å². The molecule has 0 radical (unpaired) electrons. The zero-order valence-corrected chi connectivity index (χ0v) is 14.7. The highest BCUT2D eigenvalue weighted by Gasteiger charge is 2.21. The summed E-state index contributed by atoms with van der Waals surface area (Å²) in [5, 5.41) is 9.48.